The summed E-state index contributed by atoms with van der Waals surface area (Å²) in [4.78, 5) is 0. The number of fused-ring (bicyclic) bond motifs is 13. The van der Waals surface area contributed by atoms with Crippen molar-refractivity contribution in [2.24, 2.45) is 0 Å². The van der Waals surface area contributed by atoms with Crippen molar-refractivity contribution in [3.8, 4) is 0 Å². The third-order valence-corrected chi connectivity index (χ3v) is 12.3. The van der Waals surface area contributed by atoms with Gasteiger partial charge in [0.1, 0.15) is 0 Å². The Morgan fingerprint density at radius 3 is 1.40 bits per heavy atom. The minimum atomic E-state index is 1.34. The molecule has 0 saturated heterocycles. The Bertz CT molecular complexity index is 3410. The predicted octanol–water partition coefficient (Wildman–Crippen LogP) is 13.3. The van der Waals surface area contributed by atoms with E-state index in [9.17, 15) is 0 Å². The molecule has 1 aromatic heterocycles. The van der Waals surface area contributed by atoms with Crippen LogP contribution in [-0.4, -0.2) is 0 Å². The van der Waals surface area contributed by atoms with Crippen LogP contribution in [0.1, 0.15) is 0 Å². The van der Waals surface area contributed by atoms with Crippen LogP contribution in [0.2, 0.25) is 0 Å². The van der Waals surface area contributed by atoms with Crippen molar-refractivity contribution in [3.63, 3.8) is 0 Å². The van der Waals surface area contributed by atoms with E-state index in [1.54, 1.807) is 0 Å². The predicted molar refractivity (Wildman–Crippen MR) is 199 cm³/mol. The normalized spacial score (nSPS) is 13.3. The zero-order valence-corrected chi connectivity index (χ0v) is 24.8. The quantitative estimate of drug-likeness (QED) is 0.124. The Hall–Kier alpha value is -5.50. The average molecular weight is 581 g/mol. The van der Waals surface area contributed by atoms with E-state index in [2.05, 4.69) is 121 Å². The van der Waals surface area contributed by atoms with Crippen LogP contribution >= 0.6 is 11.3 Å². The van der Waals surface area contributed by atoms with Gasteiger partial charge >= 0.3 is 0 Å². The van der Waals surface area contributed by atoms with Crippen molar-refractivity contribution in [3.05, 3.63) is 121 Å². The summed E-state index contributed by atoms with van der Waals surface area (Å²) in [5.41, 5.74) is 0. The summed E-state index contributed by atoms with van der Waals surface area (Å²) < 4.78 is 2.81. The zero-order valence-electron chi connectivity index (χ0n) is 24.0. The van der Waals surface area contributed by atoms with Crippen molar-refractivity contribution in [2.75, 3.05) is 0 Å². The second kappa shape index (κ2) is 7.07. The van der Waals surface area contributed by atoms with Crippen molar-refractivity contribution in [1.29, 1.82) is 0 Å². The minimum absolute atomic E-state index is 1.34. The lowest BCUT2D eigenvalue weighted by Gasteiger charge is -2.18. The van der Waals surface area contributed by atoms with Gasteiger partial charge < -0.3 is 0 Å². The van der Waals surface area contributed by atoms with Crippen molar-refractivity contribution in [2.45, 2.75) is 0 Å². The summed E-state index contributed by atoms with van der Waals surface area (Å²) in [6, 6.07) is 46.5. The van der Waals surface area contributed by atoms with Crippen LogP contribution in [0.25, 0.3) is 128 Å². The monoisotopic (exact) mass is 580 g/mol. The SMILES string of the molecule is c1ccc2c(c1)sc1c3cc4cc5ccc6c7c8ccccc8c8ccccc8c7c7cc8cc9ccc(c21)c3c9c4c8c5c67. The molecule has 0 amide bonds. The van der Waals surface area contributed by atoms with E-state index in [1.165, 1.54) is 128 Å². The van der Waals surface area contributed by atoms with E-state index in [0.29, 0.717) is 0 Å². The van der Waals surface area contributed by atoms with Gasteiger partial charge in [-0.05, 0) is 133 Å². The van der Waals surface area contributed by atoms with Crippen LogP contribution in [0.3, 0.4) is 0 Å². The lowest BCUT2D eigenvalue weighted by atomic mass is 9.85. The molecule has 13 rings (SSSR count). The molecule has 0 atom stereocenters. The highest BCUT2D eigenvalue weighted by Gasteiger charge is 2.26. The van der Waals surface area contributed by atoms with Crippen LogP contribution in [0, 0.1) is 0 Å². The molecule has 0 N–H and O–H groups in total. The topological polar surface area (TPSA) is 0 Å². The van der Waals surface area contributed by atoms with Gasteiger partial charge in [-0.15, -0.1) is 11.3 Å². The molecule has 0 nitrogen and oxygen atoms in total. The molecule has 45 heavy (non-hydrogen) atoms. The summed E-state index contributed by atoms with van der Waals surface area (Å²) in [6.07, 6.45) is 0. The number of hydrogen-bond acceptors (Lipinski definition) is 1. The Morgan fingerprint density at radius 2 is 0.733 bits per heavy atom. The molecule has 0 aliphatic carbocycles. The Kier molecular flexibility index (Phi) is 3.47. The van der Waals surface area contributed by atoms with Gasteiger partial charge in [-0.2, -0.15) is 0 Å². The molecule has 13 aromatic rings. The fraction of sp³-hybridized carbons (Fsp3) is 0. The summed E-state index contributed by atoms with van der Waals surface area (Å²) in [5, 5.41) is 30.6. The van der Waals surface area contributed by atoms with E-state index in [0.717, 1.165) is 0 Å². The number of thiophene rings is 1. The van der Waals surface area contributed by atoms with Gasteiger partial charge in [0.05, 0.1) is 0 Å². The van der Waals surface area contributed by atoms with Crippen molar-refractivity contribution < 1.29 is 0 Å². The maximum Gasteiger partial charge on any atom is 0.0440 e. The first-order valence-corrected chi connectivity index (χ1v) is 16.6. The largest absolute Gasteiger partial charge is 0.135 e. The first kappa shape index (κ1) is 22.1. The van der Waals surface area contributed by atoms with Gasteiger partial charge in [0, 0.05) is 25.6 Å². The molecule has 202 valence electrons. The standard InChI is InChI=1S/C44H20S/c1-3-9-27-25(7-1)26-8-2-4-10-28(26)40-32-19-23-17-22-14-16-31-42-33(44-43(31)29-11-5-6-12-34(29)45-44)20-24-18-21-13-15-30(39(27)40)41(32)35(21)37(23)38(24)36(22)42/h1-20H. The summed E-state index contributed by atoms with van der Waals surface area (Å²) in [7, 11) is 0. The van der Waals surface area contributed by atoms with Crippen molar-refractivity contribution in [1.82, 2.24) is 0 Å². The Labute approximate surface area is 259 Å². The van der Waals surface area contributed by atoms with Gasteiger partial charge in [0.2, 0.25) is 0 Å². The highest BCUT2D eigenvalue weighted by molar-refractivity contribution is 7.27. The van der Waals surface area contributed by atoms with Gasteiger partial charge in [-0.1, -0.05) is 91.0 Å². The van der Waals surface area contributed by atoms with Crippen molar-refractivity contribution >= 4 is 139 Å². The fourth-order valence-electron chi connectivity index (χ4n) is 9.56. The zero-order chi connectivity index (χ0) is 28.7. The molecule has 12 aromatic carbocycles. The summed E-state index contributed by atoms with van der Waals surface area (Å²) in [5.74, 6) is 0. The molecular formula is C44H20S. The average Bonchev–Trinajstić information content (AvgIpc) is 3.73. The van der Waals surface area contributed by atoms with E-state index >= 15 is 0 Å². The second-order valence-corrected chi connectivity index (χ2v) is 14.2. The van der Waals surface area contributed by atoms with E-state index in [-0.39, 0.29) is 0 Å². The van der Waals surface area contributed by atoms with Crippen LogP contribution in [-0.2, 0) is 0 Å². The van der Waals surface area contributed by atoms with E-state index in [4.69, 9.17) is 0 Å². The molecule has 0 unspecified atom stereocenters. The molecule has 1 heteroatoms. The Morgan fingerprint density at radius 1 is 0.267 bits per heavy atom. The maximum absolute atomic E-state index is 2.52. The molecule has 0 spiro atoms. The van der Waals surface area contributed by atoms with Gasteiger partial charge in [0.25, 0.3) is 0 Å². The fourth-order valence-corrected chi connectivity index (χ4v) is 10.8. The highest BCUT2D eigenvalue weighted by atomic mass is 32.1. The first-order valence-electron chi connectivity index (χ1n) is 15.8. The van der Waals surface area contributed by atoms with Gasteiger partial charge in [0.15, 0.2) is 0 Å². The van der Waals surface area contributed by atoms with Crippen LogP contribution in [0.4, 0.5) is 0 Å². The third kappa shape index (κ3) is 2.29. The summed E-state index contributed by atoms with van der Waals surface area (Å²) >= 11 is 1.95. The lowest BCUT2D eigenvalue weighted by Crippen LogP contribution is -1.89. The molecule has 1 heterocycles. The minimum Gasteiger partial charge on any atom is -0.135 e. The molecule has 0 saturated carbocycles. The van der Waals surface area contributed by atoms with Crippen LogP contribution < -0.4 is 0 Å². The summed E-state index contributed by atoms with van der Waals surface area (Å²) in [6.45, 7) is 0. The molecule has 0 aliphatic rings. The maximum atomic E-state index is 2.52. The van der Waals surface area contributed by atoms with Gasteiger partial charge in [-0.3, -0.25) is 0 Å². The number of benzene rings is 10. The molecule has 0 fully saturated rings. The Balaban J connectivity index is 1.34. The lowest BCUT2D eigenvalue weighted by molar-refractivity contribution is 1.81. The number of hydrogen-bond donors (Lipinski definition) is 0. The molecule has 0 bridgehead atoms. The van der Waals surface area contributed by atoms with E-state index < -0.39 is 0 Å². The molecular weight excluding hydrogens is 561 g/mol. The van der Waals surface area contributed by atoms with Gasteiger partial charge in [-0.25, -0.2) is 0 Å². The second-order valence-electron chi connectivity index (χ2n) is 13.1. The smallest absolute Gasteiger partial charge is 0.0440 e. The first-order chi connectivity index (χ1) is 22.3. The van der Waals surface area contributed by atoms with Crippen LogP contribution in [0.5, 0.6) is 0 Å². The van der Waals surface area contributed by atoms with E-state index in [1.807, 2.05) is 11.3 Å². The molecule has 0 radical (unpaired) electrons. The molecule has 0 aliphatic heterocycles. The number of rotatable bonds is 0. The third-order valence-electron chi connectivity index (χ3n) is 11.1. The van der Waals surface area contributed by atoms with Crippen LogP contribution in [0.15, 0.2) is 121 Å². The highest BCUT2D eigenvalue weighted by Crippen LogP contribution is 2.55.